The fourth-order valence-corrected chi connectivity index (χ4v) is 4.72. The van der Waals surface area contributed by atoms with Crippen molar-refractivity contribution in [1.82, 2.24) is 9.47 Å². The minimum absolute atomic E-state index is 0.0109. The van der Waals surface area contributed by atoms with Gasteiger partial charge in [0.15, 0.2) is 5.43 Å². The molecule has 2 aromatic carbocycles. The summed E-state index contributed by atoms with van der Waals surface area (Å²) in [7, 11) is 0. The molecule has 7 nitrogen and oxygen atoms in total. The first-order chi connectivity index (χ1) is 18.7. The highest BCUT2D eigenvalue weighted by atomic mass is 32.2. The minimum Gasteiger partial charge on any atom is -0.378 e. The number of carbonyl (C=O) groups excluding carboxylic acids is 1. The Morgan fingerprint density at radius 1 is 1.08 bits per heavy atom. The lowest BCUT2D eigenvalue weighted by atomic mass is 10.1. The molecule has 0 saturated carbocycles. The quantitative estimate of drug-likeness (QED) is 0.293. The van der Waals surface area contributed by atoms with Crippen molar-refractivity contribution in [3.63, 3.8) is 0 Å². The molecule has 1 N–H and O–H groups in total. The molecule has 0 unspecified atom stereocenters. The average Bonchev–Trinajstić information content (AvgIpc) is 2.93. The van der Waals surface area contributed by atoms with E-state index >= 15 is 0 Å². The van der Waals surface area contributed by atoms with Crippen LogP contribution in [-0.4, -0.2) is 58.7 Å². The third-order valence-corrected chi connectivity index (χ3v) is 6.77. The van der Waals surface area contributed by atoms with Crippen molar-refractivity contribution in [2.45, 2.75) is 12.6 Å². The fraction of sp³-hybridized carbons (Fsp3) is 0.250. The number of halogens is 3. The topological polar surface area (TPSA) is 75.9 Å². The molecule has 0 aliphatic carbocycles. The molecule has 2 heterocycles. The first-order valence-corrected chi connectivity index (χ1v) is 13.2. The number of benzene rings is 2. The number of carbonyl (C=O) groups is 1. The second-order valence-electron chi connectivity index (χ2n) is 8.59. The van der Waals surface area contributed by atoms with Crippen molar-refractivity contribution in [3.05, 3.63) is 95.2 Å². The number of nitrogens with zero attached hydrogens (tertiary/aromatic N) is 3. The largest absolute Gasteiger partial charge is 0.393 e. The lowest BCUT2D eigenvalue weighted by Gasteiger charge is -2.26. The van der Waals surface area contributed by atoms with Crippen LogP contribution < -0.4 is 10.7 Å². The van der Waals surface area contributed by atoms with Gasteiger partial charge >= 0.3 is 6.18 Å². The predicted octanol–water partition coefficient (Wildman–Crippen LogP) is 5.49. The molecule has 39 heavy (non-hydrogen) atoms. The van der Waals surface area contributed by atoms with Crippen molar-refractivity contribution in [1.29, 1.82) is 0 Å². The smallest absolute Gasteiger partial charge is 0.378 e. The summed E-state index contributed by atoms with van der Waals surface area (Å²) in [5, 5.41) is 3.34. The molecule has 1 saturated heterocycles. The number of aromatic nitrogens is 1. The Bertz CT molecular complexity index is 1390. The SMILES string of the molecule is C=C/C(=N\c1c(CC(F)(F)F)c(=O)cc(Nc2ccccc2)n1-c1ccccc1)SCC(=O)N1CCOCC1. The summed E-state index contributed by atoms with van der Waals surface area (Å²) in [6, 6.07) is 18.8. The number of rotatable bonds is 8. The Hall–Kier alpha value is -3.83. The Kier molecular flexibility index (Phi) is 9.26. The lowest BCUT2D eigenvalue weighted by molar-refractivity contribution is -0.132. The first-order valence-electron chi connectivity index (χ1n) is 12.2. The second-order valence-corrected chi connectivity index (χ2v) is 9.58. The third-order valence-electron chi connectivity index (χ3n) is 5.82. The second kappa shape index (κ2) is 12.8. The Balaban J connectivity index is 1.83. The number of pyridine rings is 1. The molecule has 1 aromatic heterocycles. The molecular formula is C28H27F3N4O3S. The number of morpholine rings is 1. The van der Waals surface area contributed by atoms with E-state index in [4.69, 9.17) is 4.74 Å². The number of amides is 1. The molecule has 1 amide bonds. The fourth-order valence-electron chi connectivity index (χ4n) is 4.00. The molecule has 0 bridgehead atoms. The van der Waals surface area contributed by atoms with Gasteiger partial charge in [0.05, 0.1) is 36.0 Å². The molecule has 4 rings (SSSR count). The van der Waals surface area contributed by atoms with E-state index in [1.165, 1.54) is 10.6 Å². The molecular weight excluding hydrogens is 529 g/mol. The van der Waals surface area contributed by atoms with Gasteiger partial charge in [-0.2, -0.15) is 13.2 Å². The predicted molar refractivity (Wildman–Crippen MR) is 149 cm³/mol. The zero-order chi connectivity index (χ0) is 27.8. The van der Waals surface area contributed by atoms with Gasteiger partial charge in [0, 0.05) is 30.5 Å². The molecule has 1 fully saturated rings. The van der Waals surface area contributed by atoms with Gasteiger partial charge in [-0.05, 0) is 30.3 Å². The van der Waals surface area contributed by atoms with Crippen molar-refractivity contribution in [2.24, 2.45) is 4.99 Å². The van der Waals surface area contributed by atoms with E-state index in [1.807, 2.05) is 6.07 Å². The van der Waals surface area contributed by atoms with Gasteiger partial charge in [-0.25, -0.2) is 4.99 Å². The summed E-state index contributed by atoms with van der Waals surface area (Å²) in [6.07, 6.45) is -4.75. The number of thioether (sulfide) groups is 1. The molecule has 1 aliphatic rings. The summed E-state index contributed by atoms with van der Waals surface area (Å²) in [6.45, 7) is 5.58. The lowest BCUT2D eigenvalue weighted by Crippen LogP contribution is -2.41. The van der Waals surface area contributed by atoms with Crippen LogP contribution in [0.5, 0.6) is 0 Å². The van der Waals surface area contributed by atoms with E-state index in [0.717, 1.165) is 17.8 Å². The molecule has 3 aromatic rings. The summed E-state index contributed by atoms with van der Waals surface area (Å²) >= 11 is 1.05. The number of nitrogens with one attached hydrogen (secondary N) is 1. The van der Waals surface area contributed by atoms with E-state index in [2.05, 4.69) is 16.9 Å². The Morgan fingerprint density at radius 3 is 2.33 bits per heavy atom. The number of ether oxygens (including phenoxy) is 1. The van der Waals surface area contributed by atoms with Gasteiger partial charge in [-0.1, -0.05) is 54.7 Å². The summed E-state index contributed by atoms with van der Waals surface area (Å²) in [5.74, 6) is -0.0874. The monoisotopic (exact) mass is 556 g/mol. The van der Waals surface area contributed by atoms with Gasteiger partial charge in [0.25, 0.3) is 0 Å². The minimum atomic E-state index is -4.65. The Morgan fingerprint density at radius 2 is 1.72 bits per heavy atom. The van der Waals surface area contributed by atoms with Crippen molar-refractivity contribution in [2.75, 3.05) is 37.4 Å². The number of hydrogen-bond acceptors (Lipinski definition) is 6. The van der Waals surface area contributed by atoms with Gasteiger partial charge in [-0.3, -0.25) is 14.2 Å². The molecule has 204 valence electrons. The maximum atomic E-state index is 13.7. The number of anilines is 2. The third kappa shape index (κ3) is 7.61. The van der Waals surface area contributed by atoms with Crippen LogP contribution in [0, 0.1) is 0 Å². The van der Waals surface area contributed by atoms with Crippen LogP contribution in [0.4, 0.5) is 30.5 Å². The van der Waals surface area contributed by atoms with Gasteiger partial charge < -0.3 is 15.0 Å². The molecule has 0 radical (unpaired) electrons. The van der Waals surface area contributed by atoms with Gasteiger partial charge in [0.1, 0.15) is 11.6 Å². The normalized spacial score (nSPS) is 14.2. The van der Waals surface area contributed by atoms with E-state index in [-0.39, 0.29) is 28.3 Å². The zero-order valence-corrected chi connectivity index (χ0v) is 21.8. The summed E-state index contributed by atoms with van der Waals surface area (Å²) < 4.78 is 47.7. The molecule has 0 spiro atoms. The van der Waals surface area contributed by atoms with Crippen LogP contribution in [0.2, 0.25) is 0 Å². The number of alkyl halides is 3. The van der Waals surface area contributed by atoms with Crippen molar-refractivity contribution in [3.8, 4) is 5.69 Å². The van der Waals surface area contributed by atoms with E-state index in [9.17, 15) is 22.8 Å². The van der Waals surface area contributed by atoms with Crippen molar-refractivity contribution < 1.29 is 22.7 Å². The Labute approximate surface area is 228 Å². The highest BCUT2D eigenvalue weighted by Crippen LogP contribution is 2.33. The van der Waals surface area contributed by atoms with Crippen LogP contribution in [-0.2, 0) is 16.0 Å². The molecule has 0 atom stereocenters. The van der Waals surface area contributed by atoms with Crippen LogP contribution >= 0.6 is 11.8 Å². The van der Waals surface area contributed by atoms with Gasteiger partial charge in [-0.15, -0.1) is 0 Å². The number of hydrogen-bond donors (Lipinski definition) is 1. The zero-order valence-electron chi connectivity index (χ0n) is 21.0. The first kappa shape index (κ1) is 28.2. The highest BCUT2D eigenvalue weighted by molar-refractivity contribution is 8.14. The van der Waals surface area contributed by atoms with Crippen LogP contribution in [0.25, 0.3) is 5.69 Å². The molecule has 11 heteroatoms. The maximum absolute atomic E-state index is 13.7. The van der Waals surface area contributed by atoms with Crippen LogP contribution in [0.15, 0.2) is 89.2 Å². The van der Waals surface area contributed by atoms with Crippen LogP contribution in [0.3, 0.4) is 0 Å². The van der Waals surface area contributed by atoms with E-state index in [0.29, 0.717) is 37.7 Å². The van der Waals surface area contributed by atoms with E-state index < -0.39 is 23.6 Å². The van der Waals surface area contributed by atoms with E-state index in [1.54, 1.807) is 59.5 Å². The standard InChI is InChI=1S/C28H27F3N4O3S/c1-2-25(39-19-26(37)34-13-15-38-16-14-34)33-27-22(18-28(29,30)31)23(36)17-24(32-20-9-5-3-6-10-20)35(27)21-11-7-4-8-12-21/h2-12,17,32H,1,13-16,18-19H2/b33-25+. The maximum Gasteiger partial charge on any atom is 0.393 e. The van der Waals surface area contributed by atoms with Crippen LogP contribution in [0.1, 0.15) is 5.56 Å². The number of para-hydroxylation sites is 2. The summed E-state index contributed by atoms with van der Waals surface area (Å²) in [5.41, 5.74) is -0.190. The number of aliphatic imine (C=N–C) groups is 1. The van der Waals surface area contributed by atoms with Gasteiger partial charge in [0.2, 0.25) is 5.91 Å². The van der Waals surface area contributed by atoms with Crippen molar-refractivity contribution >= 4 is 40.0 Å². The summed E-state index contributed by atoms with van der Waals surface area (Å²) in [4.78, 5) is 32.0. The average molecular weight is 557 g/mol. The highest BCUT2D eigenvalue weighted by Gasteiger charge is 2.32. The molecule has 1 aliphatic heterocycles.